The van der Waals surface area contributed by atoms with Crippen molar-refractivity contribution in [2.75, 3.05) is 18.5 Å². The molecule has 1 aromatic heterocycles. The van der Waals surface area contributed by atoms with E-state index in [1.165, 1.54) is 12.0 Å². The fourth-order valence-corrected chi connectivity index (χ4v) is 3.53. The van der Waals surface area contributed by atoms with Gasteiger partial charge >= 0.3 is 5.97 Å². The Bertz CT molecular complexity index is 749. The predicted molar refractivity (Wildman–Crippen MR) is 106 cm³/mol. The number of piperidine rings is 1. The van der Waals surface area contributed by atoms with Gasteiger partial charge in [0.15, 0.2) is 5.11 Å². The first-order chi connectivity index (χ1) is 12.7. The molecule has 6 heteroatoms. The van der Waals surface area contributed by atoms with Crippen LogP contribution in [0.4, 0.5) is 5.69 Å². The maximum absolute atomic E-state index is 11.7. The van der Waals surface area contributed by atoms with E-state index in [4.69, 9.17) is 17.0 Å². The first kappa shape index (κ1) is 18.3. The van der Waals surface area contributed by atoms with Crippen LogP contribution in [0.5, 0.6) is 0 Å². The number of esters is 1. The van der Waals surface area contributed by atoms with E-state index in [1.807, 2.05) is 24.4 Å². The molecule has 1 saturated heterocycles. The molecule has 136 valence electrons. The van der Waals surface area contributed by atoms with E-state index in [0.29, 0.717) is 17.3 Å². The normalized spacial score (nSPS) is 16.8. The molecule has 0 amide bonds. The van der Waals surface area contributed by atoms with Gasteiger partial charge in [0.1, 0.15) is 0 Å². The molecule has 1 aliphatic rings. The van der Waals surface area contributed by atoms with Gasteiger partial charge in [-0.3, -0.25) is 4.98 Å². The van der Waals surface area contributed by atoms with Gasteiger partial charge < -0.3 is 15.0 Å². The number of ether oxygens (including phenoxy) is 1. The molecule has 0 saturated carbocycles. The molecule has 1 atom stereocenters. The van der Waals surface area contributed by atoms with Crippen LogP contribution in [0, 0.1) is 0 Å². The molecule has 3 rings (SSSR count). The lowest BCUT2D eigenvalue weighted by Gasteiger charge is -2.37. The van der Waals surface area contributed by atoms with Crippen molar-refractivity contribution < 1.29 is 9.53 Å². The number of thiocarbonyl (C=S) groups is 1. The number of anilines is 1. The Labute approximate surface area is 159 Å². The smallest absolute Gasteiger partial charge is 0.338 e. The SMILES string of the molecule is CCOC(=O)c1ccc(NC(=S)N2CCCCC2c2cccnc2)cc1. The molecule has 0 aliphatic carbocycles. The molecule has 1 unspecified atom stereocenters. The highest BCUT2D eigenvalue weighted by molar-refractivity contribution is 7.80. The summed E-state index contributed by atoms with van der Waals surface area (Å²) in [5.74, 6) is -0.311. The molecule has 5 nitrogen and oxygen atoms in total. The number of nitrogens with one attached hydrogen (secondary N) is 1. The molecule has 1 aliphatic heterocycles. The van der Waals surface area contributed by atoms with Crippen molar-refractivity contribution in [1.29, 1.82) is 0 Å². The predicted octanol–water partition coefficient (Wildman–Crippen LogP) is 4.18. The minimum Gasteiger partial charge on any atom is -0.462 e. The van der Waals surface area contributed by atoms with Crippen molar-refractivity contribution >= 4 is 29.0 Å². The topological polar surface area (TPSA) is 54.5 Å². The quantitative estimate of drug-likeness (QED) is 0.644. The van der Waals surface area contributed by atoms with Gasteiger partial charge in [-0.2, -0.15) is 0 Å². The number of likely N-dealkylation sites (tertiary alicyclic amines) is 1. The Morgan fingerprint density at radius 3 is 2.81 bits per heavy atom. The van der Waals surface area contributed by atoms with Crippen LogP contribution in [-0.4, -0.2) is 34.1 Å². The highest BCUT2D eigenvalue weighted by atomic mass is 32.1. The number of rotatable bonds is 4. The molecule has 1 fully saturated rings. The van der Waals surface area contributed by atoms with E-state index in [-0.39, 0.29) is 12.0 Å². The van der Waals surface area contributed by atoms with Gasteiger partial charge in [-0.1, -0.05) is 6.07 Å². The van der Waals surface area contributed by atoms with Crippen LogP contribution >= 0.6 is 12.2 Å². The average molecular weight is 369 g/mol. The van der Waals surface area contributed by atoms with Crippen molar-refractivity contribution in [3.8, 4) is 0 Å². The minimum atomic E-state index is -0.311. The number of carbonyl (C=O) groups excluding carboxylic acids is 1. The molecule has 0 spiro atoms. The third kappa shape index (κ3) is 4.38. The molecule has 0 radical (unpaired) electrons. The summed E-state index contributed by atoms with van der Waals surface area (Å²) in [4.78, 5) is 18.2. The highest BCUT2D eigenvalue weighted by Gasteiger charge is 2.26. The number of carbonyl (C=O) groups is 1. The van der Waals surface area contributed by atoms with E-state index in [2.05, 4.69) is 21.3 Å². The average Bonchev–Trinajstić information content (AvgIpc) is 2.69. The molecule has 2 heterocycles. The van der Waals surface area contributed by atoms with Crippen molar-refractivity contribution in [3.05, 3.63) is 59.9 Å². The fraction of sp³-hybridized carbons (Fsp3) is 0.350. The Morgan fingerprint density at radius 1 is 1.31 bits per heavy atom. The summed E-state index contributed by atoms with van der Waals surface area (Å²) in [6.45, 7) is 3.09. The Hall–Kier alpha value is -2.47. The fourth-order valence-electron chi connectivity index (χ4n) is 3.19. The van der Waals surface area contributed by atoms with Gasteiger partial charge in [-0.05, 0) is 74.3 Å². The van der Waals surface area contributed by atoms with Crippen molar-refractivity contribution in [2.45, 2.75) is 32.2 Å². The molecule has 2 aromatic rings. The maximum atomic E-state index is 11.7. The van der Waals surface area contributed by atoms with Gasteiger partial charge in [0.25, 0.3) is 0 Å². The van der Waals surface area contributed by atoms with Crippen LogP contribution in [-0.2, 0) is 4.74 Å². The summed E-state index contributed by atoms with van der Waals surface area (Å²) in [5, 5.41) is 3.99. The Morgan fingerprint density at radius 2 is 2.12 bits per heavy atom. The van der Waals surface area contributed by atoms with E-state index >= 15 is 0 Å². The lowest BCUT2D eigenvalue weighted by atomic mass is 9.97. The van der Waals surface area contributed by atoms with Crippen LogP contribution < -0.4 is 5.32 Å². The number of hydrogen-bond donors (Lipinski definition) is 1. The van der Waals surface area contributed by atoms with E-state index < -0.39 is 0 Å². The molecular weight excluding hydrogens is 346 g/mol. The zero-order valence-electron chi connectivity index (χ0n) is 14.9. The van der Waals surface area contributed by atoms with E-state index in [0.717, 1.165) is 25.1 Å². The van der Waals surface area contributed by atoms with Gasteiger partial charge in [-0.15, -0.1) is 0 Å². The number of hydrogen-bond acceptors (Lipinski definition) is 4. The van der Waals surface area contributed by atoms with Crippen LogP contribution in [0.25, 0.3) is 0 Å². The zero-order chi connectivity index (χ0) is 18.4. The second kappa shape index (κ2) is 8.76. The van der Waals surface area contributed by atoms with Crippen LogP contribution in [0.1, 0.15) is 48.1 Å². The Balaban J connectivity index is 1.69. The molecular formula is C20H23N3O2S. The second-order valence-corrected chi connectivity index (χ2v) is 6.61. The standard InChI is InChI=1S/C20H23N3O2S/c1-2-25-19(24)15-8-10-17(11-9-15)22-20(26)23-13-4-3-7-18(23)16-6-5-12-21-14-16/h5-6,8-12,14,18H,2-4,7,13H2,1H3,(H,22,26). The Kier molecular flexibility index (Phi) is 6.17. The summed E-state index contributed by atoms with van der Waals surface area (Å²) in [5.41, 5.74) is 2.59. The molecule has 1 N–H and O–H groups in total. The number of benzene rings is 1. The monoisotopic (exact) mass is 369 g/mol. The van der Waals surface area contributed by atoms with E-state index in [1.54, 1.807) is 25.3 Å². The molecule has 1 aromatic carbocycles. The summed E-state index contributed by atoms with van der Waals surface area (Å²) >= 11 is 5.66. The third-order valence-electron chi connectivity index (χ3n) is 4.48. The molecule has 26 heavy (non-hydrogen) atoms. The lowest BCUT2D eigenvalue weighted by Crippen LogP contribution is -2.41. The number of pyridine rings is 1. The summed E-state index contributed by atoms with van der Waals surface area (Å²) in [6, 6.07) is 11.5. The maximum Gasteiger partial charge on any atom is 0.338 e. The summed E-state index contributed by atoms with van der Waals surface area (Å²) in [6.07, 6.45) is 7.08. The largest absolute Gasteiger partial charge is 0.462 e. The summed E-state index contributed by atoms with van der Waals surface area (Å²) in [7, 11) is 0. The van der Waals surface area contributed by atoms with Gasteiger partial charge in [0.05, 0.1) is 18.2 Å². The number of aromatic nitrogens is 1. The van der Waals surface area contributed by atoms with Gasteiger partial charge in [0.2, 0.25) is 0 Å². The number of nitrogens with zero attached hydrogens (tertiary/aromatic N) is 2. The lowest BCUT2D eigenvalue weighted by molar-refractivity contribution is 0.0526. The molecule has 0 bridgehead atoms. The van der Waals surface area contributed by atoms with Crippen molar-refractivity contribution in [1.82, 2.24) is 9.88 Å². The second-order valence-electron chi connectivity index (χ2n) is 6.22. The minimum absolute atomic E-state index is 0.247. The van der Waals surface area contributed by atoms with Gasteiger partial charge in [0, 0.05) is 24.6 Å². The first-order valence-corrected chi connectivity index (χ1v) is 9.34. The van der Waals surface area contributed by atoms with Crippen LogP contribution in [0.3, 0.4) is 0 Å². The van der Waals surface area contributed by atoms with Crippen molar-refractivity contribution in [3.63, 3.8) is 0 Å². The van der Waals surface area contributed by atoms with Crippen molar-refractivity contribution in [2.24, 2.45) is 0 Å². The highest BCUT2D eigenvalue weighted by Crippen LogP contribution is 2.31. The third-order valence-corrected chi connectivity index (χ3v) is 4.82. The summed E-state index contributed by atoms with van der Waals surface area (Å²) < 4.78 is 5.01. The zero-order valence-corrected chi connectivity index (χ0v) is 15.7. The van der Waals surface area contributed by atoms with Crippen LogP contribution in [0.15, 0.2) is 48.8 Å². The van der Waals surface area contributed by atoms with Gasteiger partial charge in [-0.25, -0.2) is 4.79 Å². The first-order valence-electron chi connectivity index (χ1n) is 8.93. The van der Waals surface area contributed by atoms with E-state index in [9.17, 15) is 4.79 Å². The van der Waals surface area contributed by atoms with Crippen LogP contribution in [0.2, 0.25) is 0 Å².